The number of rotatable bonds is 3. The minimum atomic E-state index is -0.262. The second-order valence-corrected chi connectivity index (χ2v) is 4.85. The summed E-state index contributed by atoms with van der Waals surface area (Å²) in [5.41, 5.74) is 13.4. The molecule has 19 heavy (non-hydrogen) atoms. The predicted octanol–water partition coefficient (Wildman–Crippen LogP) is 0.719. The first kappa shape index (κ1) is 13.4. The molecule has 1 saturated heterocycles. The molecule has 100 valence electrons. The van der Waals surface area contributed by atoms with Crippen LogP contribution in [0.2, 0.25) is 0 Å². The fraction of sp³-hybridized carbons (Fsp3) is 0.429. The largest absolute Gasteiger partial charge is 0.370 e. The predicted molar refractivity (Wildman–Crippen MR) is 73.2 cm³/mol. The van der Waals surface area contributed by atoms with Gasteiger partial charge in [-0.15, -0.1) is 0 Å². The van der Waals surface area contributed by atoms with E-state index in [4.69, 9.17) is 11.5 Å². The lowest BCUT2D eigenvalue weighted by atomic mass is 9.96. The molecule has 1 atom stereocenters. The molecule has 0 radical (unpaired) electrons. The third kappa shape index (κ3) is 2.85. The van der Waals surface area contributed by atoms with Crippen LogP contribution in [0, 0.1) is 17.2 Å². The van der Waals surface area contributed by atoms with Crippen molar-refractivity contribution in [3.05, 3.63) is 29.3 Å². The summed E-state index contributed by atoms with van der Waals surface area (Å²) in [7, 11) is 0. The number of benzene rings is 1. The van der Waals surface area contributed by atoms with E-state index in [0.29, 0.717) is 18.7 Å². The Morgan fingerprint density at radius 2 is 2.32 bits per heavy atom. The molecule has 1 aromatic carbocycles. The number of nitrogens with zero attached hydrogens (tertiary/aromatic N) is 2. The first-order chi connectivity index (χ1) is 9.15. The van der Waals surface area contributed by atoms with Crippen LogP contribution in [0.1, 0.15) is 24.0 Å². The van der Waals surface area contributed by atoms with Gasteiger partial charge in [0.1, 0.15) is 6.07 Å². The number of piperidine rings is 1. The summed E-state index contributed by atoms with van der Waals surface area (Å²) in [6.45, 7) is 1.85. The SMILES string of the molecule is N#Cc1cc(CN)ccc1N1CCCC(C(N)=O)C1. The van der Waals surface area contributed by atoms with Gasteiger partial charge in [0.25, 0.3) is 0 Å². The third-order valence-corrected chi connectivity index (χ3v) is 3.58. The molecular weight excluding hydrogens is 240 g/mol. The van der Waals surface area contributed by atoms with Crippen LogP contribution in [0.3, 0.4) is 0 Å². The van der Waals surface area contributed by atoms with Gasteiger partial charge >= 0.3 is 0 Å². The maximum absolute atomic E-state index is 11.3. The summed E-state index contributed by atoms with van der Waals surface area (Å²) < 4.78 is 0. The maximum Gasteiger partial charge on any atom is 0.222 e. The van der Waals surface area contributed by atoms with Crippen LogP contribution in [-0.2, 0) is 11.3 Å². The Morgan fingerprint density at radius 3 is 2.95 bits per heavy atom. The van der Waals surface area contributed by atoms with E-state index in [9.17, 15) is 10.1 Å². The van der Waals surface area contributed by atoms with E-state index in [1.54, 1.807) is 0 Å². The molecule has 0 bridgehead atoms. The number of carbonyl (C=O) groups excluding carboxylic acids is 1. The highest BCUT2D eigenvalue weighted by molar-refractivity contribution is 5.78. The molecule has 0 aromatic heterocycles. The van der Waals surface area contributed by atoms with Gasteiger partial charge in [-0.05, 0) is 30.5 Å². The average molecular weight is 258 g/mol. The summed E-state index contributed by atoms with van der Waals surface area (Å²) >= 11 is 0. The van der Waals surface area contributed by atoms with Crippen LogP contribution >= 0.6 is 0 Å². The zero-order valence-electron chi connectivity index (χ0n) is 10.8. The number of primary amides is 1. The Bertz CT molecular complexity index is 521. The smallest absolute Gasteiger partial charge is 0.222 e. The summed E-state index contributed by atoms with van der Waals surface area (Å²) in [4.78, 5) is 13.4. The van der Waals surface area contributed by atoms with Crippen molar-refractivity contribution in [2.75, 3.05) is 18.0 Å². The van der Waals surface area contributed by atoms with Crippen LogP contribution in [-0.4, -0.2) is 19.0 Å². The van der Waals surface area contributed by atoms with Gasteiger partial charge < -0.3 is 16.4 Å². The number of nitriles is 1. The molecule has 2 rings (SSSR count). The molecular formula is C14H18N4O. The van der Waals surface area contributed by atoms with Crippen molar-refractivity contribution in [2.24, 2.45) is 17.4 Å². The molecule has 1 aliphatic rings. The molecule has 1 heterocycles. The van der Waals surface area contributed by atoms with Gasteiger partial charge in [-0.3, -0.25) is 4.79 Å². The molecule has 0 aliphatic carbocycles. The minimum Gasteiger partial charge on any atom is -0.370 e. The van der Waals surface area contributed by atoms with Gasteiger partial charge in [-0.25, -0.2) is 0 Å². The molecule has 5 nitrogen and oxygen atoms in total. The number of anilines is 1. The molecule has 0 saturated carbocycles. The van der Waals surface area contributed by atoms with Gasteiger partial charge in [0, 0.05) is 19.6 Å². The first-order valence-corrected chi connectivity index (χ1v) is 6.43. The lowest BCUT2D eigenvalue weighted by molar-refractivity contribution is -0.122. The zero-order valence-corrected chi connectivity index (χ0v) is 10.8. The summed E-state index contributed by atoms with van der Waals surface area (Å²) in [6.07, 6.45) is 1.74. The van der Waals surface area contributed by atoms with Gasteiger partial charge in [0.05, 0.1) is 17.2 Å². The normalized spacial score (nSPS) is 18.9. The van der Waals surface area contributed by atoms with E-state index >= 15 is 0 Å². The lowest BCUT2D eigenvalue weighted by Crippen LogP contribution is -2.41. The van der Waals surface area contributed by atoms with E-state index in [1.807, 2.05) is 18.2 Å². The Morgan fingerprint density at radius 1 is 1.53 bits per heavy atom. The van der Waals surface area contributed by atoms with Crippen LogP contribution in [0.25, 0.3) is 0 Å². The van der Waals surface area contributed by atoms with Crippen LogP contribution < -0.4 is 16.4 Å². The summed E-state index contributed by atoms with van der Waals surface area (Å²) in [5.74, 6) is -0.392. The van der Waals surface area contributed by atoms with Crippen molar-refractivity contribution in [2.45, 2.75) is 19.4 Å². The molecule has 1 unspecified atom stereocenters. The van der Waals surface area contributed by atoms with Crippen molar-refractivity contribution in [3.8, 4) is 6.07 Å². The molecule has 1 aromatic rings. The zero-order chi connectivity index (χ0) is 13.8. The highest BCUT2D eigenvalue weighted by Crippen LogP contribution is 2.26. The molecule has 0 spiro atoms. The second-order valence-electron chi connectivity index (χ2n) is 4.85. The molecule has 1 amide bonds. The van der Waals surface area contributed by atoms with E-state index in [2.05, 4.69) is 11.0 Å². The Balaban J connectivity index is 2.26. The number of nitrogens with two attached hydrogens (primary N) is 2. The third-order valence-electron chi connectivity index (χ3n) is 3.58. The first-order valence-electron chi connectivity index (χ1n) is 6.43. The van der Waals surface area contributed by atoms with Crippen molar-refractivity contribution in [3.63, 3.8) is 0 Å². The van der Waals surface area contributed by atoms with Gasteiger partial charge in [0.15, 0.2) is 0 Å². The highest BCUT2D eigenvalue weighted by Gasteiger charge is 2.25. The average Bonchev–Trinajstić information content (AvgIpc) is 2.46. The van der Waals surface area contributed by atoms with Gasteiger partial charge in [-0.2, -0.15) is 5.26 Å². The number of carbonyl (C=O) groups is 1. The van der Waals surface area contributed by atoms with E-state index in [0.717, 1.165) is 30.6 Å². The van der Waals surface area contributed by atoms with Crippen LogP contribution in [0.4, 0.5) is 5.69 Å². The van der Waals surface area contributed by atoms with Crippen LogP contribution in [0.15, 0.2) is 18.2 Å². The van der Waals surface area contributed by atoms with E-state index < -0.39 is 0 Å². The van der Waals surface area contributed by atoms with Crippen molar-refractivity contribution in [1.29, 1.82) is 5.26 Å². The monoisotopic (exact) mass is 258 g/mol. The molecule has 5 heteroatoms. The highest BCUT2D eigenvalue weighted by atomic mass is 16.1. The Hall–Kier alpha value is -2.06. The molecule has 1 aliphatic heterocycles. The van der Waals surface area contributed by atoms with Crippen molar-refractivity contribution >= 4 is 11.6 Å². The number of hydrogen-bond acceptors (Lipinski definition) is 4. The quantitative estimate of drug-likeness (QED) is 0.834. The Labute approximate surface area is 112 Å². The summed E-state index contributed by atoms with van der Waals surface area (Å²) in [6, 6.07) is 7.83. The summed E-state index contributed by atoms with van der Waals surface area (Å²) in [5, 5.41) is 9.24. The van der Waals surface area contributed by atoms with Crippen LogP contribution in [0.5, 0.6) is 0 Å². The van der Waals surface area contributed by atoms with Crippen molar-refractivity contribution in [1.82, 2.24) is 0 Å². The second kappa shape index (κ2) is 5.72. The number of amides is 1. The van der Waals surface area contributed by atoms with E-state index in [1.165, 1.54) is 0 Å². The lowest BCUT2D eigenvalue weighted by Gasteiger charge is -2.33. The minimum absolute atomic E-state index is 0.130. The fourth-order valence-electron chi connectivity index (χ4n) is 2.50. The van der Waals surface area contributed by atoms with Gasteiger partial charge in [-0.1, -0.05) is 6.07 Å². The maximum atomic E-state index is 11.3. The number of hydrogen-bond donors (Lipinski definition) is 2. The molecule has 4 N–H and O–H groups in total. The Kier molecular flexibility index (Phi) is 4.03. The molecule has 1 fully saturated rings. The fourth-order valence-corrected chi connectivity index (χ4v) is 2.50. The standard InChI is InChI=1S/C14H18N4O/c15-7-10-3-4-13(12(6-10)8-16)18-5-1-2-11(9-18)14(17)19/h3-4,6,11H,1-2,5,7,9,15H2,(H2,17,19). The topological polar surface area (TPSA) is 96.1 Å². The van der Waals surface area contributed by atoms with Crippen molar-refractivity contribution < 1.29 is 4.79 Å². The van der Waals surface area contributed by atoms with Gasteiger partial charge in [0.2, 0.25) is 5.91 Å². The van der Waals surface area contributed by atoms with E-state index in [-0.39, 0.29) is 11.8 Å².